The highest BCUT2D eigenvalue weighted by Crippen LogP contribution is 1.75. The van der Waals surface area contributed by atoms with Crippen molar-refractivity contribution in [2.75, 3.05) is 13.6 Å². The third kappa shape index (κ3) is 3.58. The number of ether oxygens (including phenoxy) is 1. The fourth-order valence-corrected chi connectivity index (χ4v) is 0.404. The van der Waals surface area contributed by atoms with Crippen LogP contribution in [0.1, 0.15) is 6.92 Å². The summed E-state index contributed by atoms with van der Waals surface area (Å²) in [6.45, 7) is 6.16. The van der Waals surface area contributed by atoms with E-state index >= 15 is 0 Å². The van der Waals surface area contributed by atoms with Gasteiger partial charge in [0.15, 0.2) is 0 Å². The van der Waals surface area contributed by atoms with Crippen molar-refractivity contribution in [3.05, 3.63) is 12.8 Å². The van der Waals surface area contributed by atoms with Gasteiger partial charge in [0.05, 0.1) is 6.26 Å². The summed E-state index contributed by atoms with van der Waals surface area (Å²) in [6.07, 6.45) is 1.34. The molecule has 0 rings (SSSR count). The van der Waals surface area contributed by atoms with E-state index in [0.29, 0.717) is 6.02 Å². The number of rotatable bonds is 2. The molecule has 0 aliphatic carbocycles. The Bertz CT molecular complexity index is 110. The van der Waals surface area contributed by atoms with E-state index in [2.05, 4.69) is 16.9 Å². The molecule has 0 unspecified atom stereocenters. The first-order valence-electron chi connectivity index (χ1n) is 2.83. The summed E-state index contributed by atoms with van der Waals surface area (Å²) in [5.41, 5.74) is 0. The van der Waals surface area contributed by atoms with Gasteiger partial charge in [-0.25, -0.2) is 4.99 Å². The van der Waals surface area contributed by atoms with E-state index < -0.39 is 0 Å². The van der Waals surface area contributed by atoms with Crippen molar-refractivity contribution in [2.24, 2.45) is 4.99 Å². The minimum atomic E-state index is 0.507. The Morgan fingerprint density at radius 3 is 2.89 bits per heavy atom. The molecule has 0 atom stereocenters. The molecule has 0 saturated carbocycles. The molecule has 0 aromatic rings. The molecule has 0 amide bonds. The number of hydrogen-bond acceptors (Lipinski definition) is 2. The van der Waals surface area contributed by atoms with E-state index in [1.54, 1.807) is 7.05 Å². The first kappa shape index (κ1) is 8.01. The van der Waals surface area contributed by atoms with Crippen molar-refractivity contribution in [1.29, 1.82) is 0 Å². The quantitative estimate of drug-likeness (QED) is 0.338. The third-order valence-electron chi connectivity index (χ3n) is 0.726. The van der Waals surface area contributed by atoms with Crippen molar-refractivity contribution >= 4 is 6.02 Å². The average molecular weight is 128 g/mol. The number of nitrogens with zero attached hydrogens (tertiary/aromatic N) is 1. The van der Waals surface area contributed by atoms with Gasteiger partial charge in [-0.3, -0.25) is 0 Å². The Kier molecular flexibility index (Phi) is 4.59. The molecule has 0 fully saturated rings. The van der Waals surface area contributed by atoms with Crippen LogP contribution in [-0.4, -0.2) is 19.6 Å². The number of amidine groups is 1. The van der Waals surface area contributed by atoms with E-state index in [-0.39, 0.29) is 0 Å². The van der Waals surface area contributed by atoms with Gasteiger partial charge in [0.1, 0.15) is 0 Å². The standard InChI is InChI=1S/C6H12N2O/c1-4-8-6(7-3)9-5-2/h5H,2,4H2,1,3H3,(H,7,8). The van der Waals surface area contributed by atoms with Gasteiger partial charge >= 0.3 is 0 Å². The van der Waals surface area contributed by atoms with Crippen LogP contribution < -0.4 is 5.32 Å². The predicted molar refractivity (Wildman–Crippen MR) is 38.3 cm³/mol. The lowest BCUT2D eigenvalue weighted by molar-refractivity contribution is 0.446. The van der Waals surface area contributed by atoms with Gasteiger partial charge in [-0.15, -0.1) is 0 Å². The summed E-state index contributed by atoms with van der Waals surface area (Å²) in [5, 5.41) is 2.89. The second kappa shape index (κ2) is 5.15. The molecule has 52 valence electrons. The van der Waals surface area contributed by atoms with E-state index in [9.17, 15) is 0 Å². The van der Waals surface area contributed by atoms with Crippen LogP contribution in [0.15, 0.2) is 17.8 Å². The molecule has 3 nitrogen and oxygen atoms in total. The van der Waals surface area contributed by atoms with Gasteiger partial charge < -0.3 is 10.1 Å². The largest absolute Gasteiger partial charge is 0.435 e. The molecule has 0 aromatic heterocycles. The van der Waals surface area contributed by atoms with Gasteiger partial charge in [0.2, 0.25) is 0 Å². The van der Waals surface area contributed by atoms with Crippen molar-refractivity contribution in [3.8, 4) is 0 Å². The van der Waals surface area contributed by atoms with Gasteiger partial charge in [-0.2, -0.15) is 0 Å². The number of aliphatic imine (C=N–C) groups is 1. The first-order valence-corrected chi connectivity index (χ1v) is 2.83. The van der Waals surface area contributed by atoms with Crippen LogP contribution in [0.2, 0.25) is 0 Å². The summed E-state index contributed by atoms with van der Waals surface area (Å²) in [4.78, 5) is 3.78. The number of nitrogens with one attached hydrogen (secondary N) is 1. The van der Waals surface area contributed by atoms with Gasteiger partial charge in [-0.1, -0.05) is 6.58 Å². The lowest BCUT2D eigenvalue weighted by Gasteiger charge is -2.02. The molecule has 0 aliphatic rings. The molecular weight excluding hydrogens is 116 g/mol. The van der Waals surface area contributed by atoms with Crippen LogP contribution in [-0.2, 0) is 4.74 Å². The van der Waals surface area contributed by atoms with Crippen LogP contribution in [0.3, 0.4) is 0 Å². The molecule has 0 aromatic carbocycles. The van der Waals surface area contributed by atoms with Gasteiger partial charge in [-0.05, 0) is 6.92 Å². The lowest BCUT2D eigenvalue weighted by atomic mass is 10.7. The summed E-state index contributed by atoms with van der Waals surface area (Å²) in [6, 6.07) is 0.507. The highest BCUT2D eigenvalue weighted by Gasteiger charge is 1.89. The molecule has 1 N–H and O–H groups in total. The number of hydrogen-bond donors (Lipinski definition) is 1. The highest BCUT2D eigenvalue weighted by molar-refractivity contribution is 5.73. The Labute approximate surface area is 55.4 Å². The topological polar surface area (TPSA) is 33.6 Å². The van der Waals surface area contributed by atoms with E-state index in [1.165, 1.54) is 6.26 Å². The third-order valence-corrected chi connectivity index (χ3v) is 0.726. The summed E-state index contributed by atoms with van der Waals surface area (Å²) in [7, 11) is 1.65. The summed E-state index contributed by atoms with van der Waals surface area (Å²) >= 11 is 0. The molecule has 0 bridgehead atoms. The predicted octanol–water partition coefficient (Wildman–Crippen LogP) is 0.742. The molecule has 0 heterocycles. The van der Waals surface area contributed by atoms with Crippen LogP contribution in [0.5, 0.6) is 0 Å². The zero-order valence-corrected chi connectivity index (χ0v) is 5.85. The lowest BCUT2D eigenvalue weighted by Crippen LogP contribution is -2.23. The van der Waals surface area contributed by atoms with Crippen molar-refractivity contribution < 1.29 is 4.74 Å². The smallest absolute Gasteiger partial charge is 0.289 e. The maximum Gasteiger partial charge on any atom is 0.289 e. The fourth-order valence-electron chi connectivity index (χ4n) is 0.404. The second-order valence-corrected chi connectivity index (χ2v) is 1.34. The van der Waals surface area contributed by atoms with Crippen LogP contribution in [0.25, 0.3) is 0 Å². The molecular formula is C6H12N2O. The highest BCUT2D eigenvalue weighted by atomic mass is 16.5. The SMILES string of the molecule is C=COC(=NC)NCC. The summed E-state index contributed by atoms with van der Waals surface area (Å²) in [5.74, 6) is 0. The normalized spacial score (nSPS) is 10.7. The van der Waals surface area contributed by atoms with Crippen molar-refractivity contribution in [3.63, 3.8) is 0 Å². The molecule has 9 heavy (non-hydrogen) atoms. The van der Waals surface area contributed by atoms with Crippen LogP contribution >= 0.6 is 0 Å². The molecule has 0 aliphatic heterocycles. The maximum atomic E-state index is 4.83. The Balaban J connectivity index is 3.55. The van der Waals surface area contributed by atoms with E-state index in [4.69, 9.17) is 4.74 Å². The summed E-state index contributed by atoms with van der Waals surface area (Å²) < 4.78 is 4.83. The van der Waals surface area contributed by atoms with Gasteiger partial charge in [0.25, 0.3) is 6.02 Å². The van der Waals surface area contributed by atoms with E-state index in [0.717, 1.165) is 6.54 Å². The monoisotopic (exact) mass is 128 g/mol. The van der Waals surface area contributed by atoms with E-state index in [1.807, 2.05) is 6.92 Å². The Hall–Kier alpha value is -0.990. The molecule has 0 spiro atoms. The van der Waals surface area contributed by atoms with Crippen molar-refractivity contribution in [1.82, 2.24) is 5.32 Å². The van der Waals surface area contributed by atoms with Crippen LogP contribution in [0.4, 0.5) is 0 Å². The van der Waals surface area contributed by atoms with Crippen molar-refractivity contribution in [2.45, 2.75) is 6.92 Å². The Morgan fingerprint density at radius 1 is 1.89 bits per heavy atom. The minimum absolute atomic E-state index is 0.507. The molecule has 0 saturated heterocycles. The zero-order chi connectivity index (χ0) is 7.11. The maximum absolute atomic E-state index is 4.83. The second-order valence-electron chi connectivity index (χ2n) is 1.34. The zero-order valence-electron chi connectivity index (χ0n) is 5.85. The average Bonchev–Trinajstić information content (AvgIpc) is 1.88. The van der Waals surface area contributed by atoms with Gasteiger partial charge in [0, 0.05) is 13.6 Å². The first-order chi connectivity index (χ1) is 4.35. The molecule has 3 heteroatoms. The van der Waals surface area contributed by atoms with Crippen LogP contribution in [0, 0.1) is 0 Å². The Morgan fingerprint density at radius 2 is 2.56 bits per heavy atom. The molecule has 0 radical (unpaired) electrons. The minimum Gasteiger partial charge on any atom is -0.435 e. The fraction of sp³-hybridized carbons (Fsp3) is 0.500.